The van der Waals surface area contributed by atoms with Crippen molar-refractivity contribution in [1.82, 2.24) is 14.7 Å². The molecule has 1 amide bonds. The first-order valence-electron chi connectivity index (χ1n) is 7.93. The summed E-state index contributed by atoms with van der Waals surface area (Å²) in [6.45, 7) is 5.90. The standard InChI is InChI=1S/C17H21N3O4/c1-17(2)9-4-10-19(11-17)14(21)12-5-7-13(8-6-12)20-16(22)24-15(18-20)23-3/h5-8H,4,9-11H2,1-3H3. The Labute approximate surface area is 139 Å². The molecule has 1 fully saturated rings. The van der Waals surface area contributed by atoms with Crippen LogP contribution in [0.5, 0.6) is 6.08 Å². The van der Waals surface area contributed by atoms with Gasteiger partial charge in [-0.3, -0.25) is 4.79 Å². The maximum absolute atomic E-state index is 12.7. The maximum atomic E-state index is 12.7. The van der Waals surface area contributed by atoms with Gasteiger partial charge in [-0.1, -0.05) is 18.9 Å². The van der Waals surface area contributed by atoms with Crippen molar-refractivity contribution in [3.05, 3.63) is 40.4 Å². The van der Waals surface area contributed by atoms with E-state index in [9.17, 15) is 9.59 Å². The minimum absolute atomic E-state index is 0.0133. The van der Waals surface area contributed by atoms with Gasteiger partial charge in [-0.2, -0.15) is 4.68 Å². The monoisotopic (exact) mass is 331 g/mol. The summed E-state index contributed by atoms with van der Waals surface area (Å²) < 4.78 is 10.7. The second-order valence-electron chi connectivity index (χ2n) is 6.79. The fraction of sp³-hybridized carbons (Fsp3) is 0.471. The van der Waals surface area contributed by atoms with E-state index in [1.165, 1.54) is 7.11 Å². The van der Waals surface area contributed by atoms with Gasteiger partial charge in [0.05, 0.1) is 12.8 Å². The Hall–Kier alpha value is -2.57. The molecule has 128 valence electrons. The first-order chi connectivity index (χ1) is 11.4. The number of amides is 1. The van der Waals surface area contributed by atoms with Crippen LogP contribution in [0.25, 0.3) is 5.69 Å². The molecule has 7 heteroatoms. The summed E-state index contributed by atoms with van der Waals surface area (Å²) >= 11 is 0. The molecule has 2 heterocycles. The lowest BCUT2D eigenvalue weighted by Crippen LogP contribution is -2.43. The highest BCUT2D eigenvalue weighted by molar-refractivity contribution is 5.94. The van der Waals surface area contributed by atoms with Crippen molar-refractivity contribution in [3.8, 4) is 11.8 Å². The normalized spacial score (nSPS) is 16.9. The second kappa shape index (κ2) is 6.14. The summed E-state index contributed by atoms with van der Waals surface area (Å²) in [4.78, 5) is 26.3. The molecule has 1 aromatic heterocycles. The second-order valence-corrected chi connectivity index (χ2v) is 6.79. The smallest absolute Gasteiger partial charge is 0.444 e. The lowest BCUT2D eigenvalue weighted by Gasteiger charge is -2.38. The number of hydrogen-bond acceptors (Lipinski definition) is 5. The number of aromatic nitrogens is 2. The highest BCUT2D eigenvalue weighted by atomic mass is 16.6. The van der Waals surface area contributed by atoms with Gasteiger partial charge in [0, 0.05) is 18.7 Å². The zero-order valence-corrected chi connectivity index (χ0v) is 14.1. The summed E-state index contributed by atoms with van der Waals surface area (Å²) in [5.41, 5.74) is 1.26. The van der Waals surface area contributed by atoms with Gasteiger partial charge in [0.2, 0.25) is 0 Å². The van der Waals surface area contributed by atoms with Gasteiger partial charge in [-0.05, 0) is 42.5 Å². The highest BCUT2D eigenvalue weighted by Crippen LogP contribution is 2.29. The summed E-state index contributed by atoms with van der Waals surface area (Å²) in [6, 6.07) is 6.75. The van der Waals surface area contributed by atoms with E-state index in [1.807, 2.05) is 4.90 Å². The van der Waals surface area contributed by atoms with Crippen LogP contribution in [0.2, 0.25) is 0 Å². The van der Waals surface area contributed by atoms with Gasteiger partial charge in [-0.25, -0.2) is 4.79 Å². The average molecular weight is 331 g/mol. The number of likely N-dealkylation sites (tertiary alicyclic amines) is 1. The van der Waals surface area contributed by atoms with Crippen LogP contribution in [0.1, 0.15) is 37.0 Å². The van der Waals surface area contributed by atoms with Gasteiger partial charge in [0.25, 0.3) is 5.91 Å². The first kappa shape index (κ1) is 16.3. The molecule has 0 atom stereocenters. The molecular formula is C17H21N3O4. The molecular weight excluding hydrogens is 310 g/mol. The van der Waals surface area contributed by atoms with E-state index < -0.39 is 5.76 Å². The Morgan fingerprint density at radius 3 is 2.58 bits per heavy atom. The van der Waals surface area contributed by atoms with E-state index in [0.717, 1.165) is 30.6 Å². The van der Waals surface area contributed by atoms with Crippen LogP contribution >= 0.6 is 0 Å². The van der Waals surface area contributed by atoms with Crippen molar-refractivity contribution in [2.75, 3.05) is 20.2 Å². The molecule has 0 aliphatic carbocycles. The molecule has 1 aliphatic rings. The zero-order chi connectivity index (χ0) is 17.3. The molecule has 0 radical (unpaired) electrons. The quantitative estimate of drug-likeness (QED) is 0.861. The van der Waals surface area contributed by atoms with Crippen LogP contribution in [-0.2, 0) is 0 Å². The predicted octanol–water partition coefficient (Wildman–Crippen LogP) is 2.10. The van der Waals surface area contributed by atoms with Crippen molar-refractivity contribution in [1.29, 1.82) is 0 Å². The maximum Gasteiger partial charge on any atom is 0.444 e. The van der Waals surface area contributed by atoms with Crippen molar-refractivity contribution in [2.24, 2.45) is 5.41 Å². The Kier molecular flexibility index (Phi) is 4.17. The Balaban J connectivity index is 1.80. The van der Waals surface area contributed by atoms with Gasteiger partial charge in [0.15, 0.2) is 0 Å². The van der Waals surface area contributed by atoms with Crippen LogP contribution < -0.4 is 10.5 Å². The number of methoxy groups -OCH3 is 1. The Morgan fingerprint density at radius 1 is 1.29 bits per heavy atom. The summed E-state index contributed by atoms with van der Waals surface area (Å²) in [5, 5.41) is 3.90. The molecule has 24 heavy (non-hydrogen) atoms. The molecule has 0 bridgehead atoms. The van der Waals surface area contributed by atoms with Crippen LogP contribution in [-0.4, -0.2) is 40.8 Å². The number of nitrogens with zero attached hydrogens (tertiary/aromatic N) is 3. The van der Waals surface area contributed by atoms with E-state index >= 15 is 0 Å². The number of carbonyl (C=O) groups excluding carboxylic acids is 1. The molecule has 3 rings (SSSR count). The van der Waals surface area contributed by atoms with E-state index in [2.05, 4.69) is 18.9 Å². The zero-order valence-electron chi connectivity index (χ0n) is 14.1. The highest BCUT2D eigenvalue weighted by Gasteiger charge is 2.29. The van der Waals surface area contributed by atoms with Crippen molar-refractivity contribution in [2.45, 2.75) is 26.7 Å². The van der Waals surface area contributed by atoms with Crippen LogP contribution in [0.15, 0.2) is 33.5 Å². The van der Waals surface area contributed by atoms with E-state index in [-0.39, 0.29) is 17.4 Å². The number of piperidine rings is 1. The molecule has 1 aliphatic heterocycles. The molecule has 7 nitrogen and oxygen atoms in total. The topological polar surface area (TPSA) is 77.6 Å². The Morgan fingerprint density at radius 2 is 2.00 bits per heavy atom. The minimum atomic E-state index is -0.635. The molecule has 0 N–H and O–H groups in total. The third-order valence-corrected chi connectivity index (χ3v) is 4.25. The predicted molar refractivity (Wildman–Crippen MR) is 87.6 cm³/mol. The van der Waals surface area contributed by atoms with Crippen LogP contribution in [0, 0.1) is 5.41 Å². The lowest BCUT2D eigenvalue weighted by molar-refractivity contribution is 0.0583. The van der Waals surface area contributed by atoms with Gasteiger partial charge in [0.1, 0.15) is 0 Å². The molecule has 2 aromatic rings. The summed E-state index contributed by atoms with van der Waals surface area (Å²) in [5.74, 6) is -0.622. The molecule has 0 spiro atoms. The van der Waals surface area contributed by atoms with Crippen molar-refractivity contribution >= 4 is 5.91 Å². The average Bonchev–Trinajstić information content (AvgIpc) is 2.94. The molecule has 1 aromatic carbocycles. The number of carbonyl (C=O) groups is 1. The van der Waals surface area contributed by atoms with Gasteiger partial charge in [-0.15, -0.1) is 0 Å². The van der Waals surface area contributed by atoms with Gasteiger partial charge >= 0.3 is 11.8 Å². The molecule has 0 unspecified atom stereocenters. The lowest BCUT2D eigenvalue weighted by atomic mass is 9.84. The third kappa shape index (κ3) is 3.20. The molecule has 1 saturated heterocycles. The van der Waals surface area contributed by atoms with Gasteiger partial charge < -0.3 is 14.1 Å². The SMILES string of the molecule is COc1nn(-c2ccc(C(=O)N3CCCC(C)(C)C3)cc2)c(=O)o1. The Bertz CT molecular complexity index is 789. The summed E-state index contributed by atoms with van der Waals surface area (Å²) in [7, 11) is 1.37. The number of ether oxygens (including phenoxy) is 1. The summed E-state index contributed by atoms with van der Waals surface area (Å²) in [6.07, 6.45) is 2.05. The van der Waals surface area contributed by atoms with Crippen LogP contribution in [0.3, 0.4) is 0 Å². The number of hydrogen-bond donors (Lipinski definition) is 0. The van der Waals surface area contributed by atoms with Crippen molar-refractivity contribution < 1.29 is 13.9 Å². The minimum Gasteiger partial charge on any atom is -0.452 e. The number of benzene rings is 1. The van der Waals surface area contributed by atoms with Crippen LogP contribution in [0.4, 0.5) is 0 Å². The molecule has 0 saturated carbocycles. The van der Waals surface area contributed by atoms with Crippen molar-refractivity contribution in [3.63, 3.8) is 0 Å². The number of rotatable bonds is 3. The fourth-order valence-electron chi connectivity index (χ4n) is 3.03. The van der Waals surface area contributed by atoms with E-state index in [4.69, 9.17) is 9.15 Å². The van der Waals surface area contributed by atoms with E-state index in [0.29, 0.717) is 11.3 Å². The third-order valence-electron chi connectivity index (χ3n) is 4.25. The largest absolute Gasteiger partial charge is 0.452 e. The first-order valence-corrected chi connectivity index (χ1v) is 7.93. The fourth-order valence-corrected chi connectivity index (χ4v) is 3.03. The van der Waals surface area contributed by atoms with E-state index in [1.54, 1.807) is 24.3 Å².